The maximum atomic E-state index is 12.1. The molecule has 0 N–H and O–H groups in total. The Hall–Kier alpha value is -3.09. The predicted octanol–water partition coefficient (Wildman–Crippen LogP) is 4.62. The summed E-state index contributed by atoms with van der Waals surface area (Å²) in [5, 5.41) is 0. The number of rotatable bonds is 6. The zero-order valence-corrected chi connectivity index (χ0v) is 32.8. The third kappa shape index (κ3) is 16.4. The summed E-state index contributed by atoms with van der Waals surface area (Å²) in [6.07, 6.45) is 0. The first-order chi connectivity index (χ1) is 21.2. The average molecular weight is 739 g/mol. The zero-order valence-electron chi connectivity index (χ0n) is 29.7. The van der Waals surface area contributed by atoms with E-state index < -0.39 is 87.4 Å². The van der Waals surface area contributed by atoms with E-state index >= 15 is 0 Å². The summed E-state index contributed by atoms with van der Waals surface area (Å²) in [6.45, 7) is 19.5. The van der Waals surface area contributed by atoms with E-state index in [0.717, 1.165) is 24.3 Å². The quantitative estimate of drug-likeness (QED) is 0.171. The Labute approximate surface area is 303 Å². The molecule has 0 spiro atoms. The van der Waals surface area contributed by atoms with Gasteiger partial charge in [-0.1, -0.05) is 0 Å². The maximum absolute atomic E-state index is 12.1. The van der Waals surface area contributed by atoms with Crippen molar-refractivity contribution < 1.29 is 64.1 Å². The topological polar surface area (TPSA) is 220 Å². The largest absolute Gasteiger partial charge is 2.00 e. The molecular weight excluding hydrogens is 697 g/mol. The molecule has 0 saturated carbocycles. The van der Waals surface area contributed by atoms with E-state index in [4.69, 9.17) is 18.9 Å². The summed E-state index contributed by atoms with van der Waals surface area (Å²) in [4.78, 5) is 46.6. The first kappa shape index (κ1) is 45.9. The molecule has 0 aromatic heterocycles. The van der Waals surface area contributed by atoms with Crippen LogP contribution in [0.15, 0.2) is 46.2 Å². The summed E-state index contributed by atoms with van der Waals surface area (Å²) in [5.41, 5.74) is -4.47. The first-order valence-corrected chi connectivity index (χ1v) is 17.2. The minimum Gasteiger partial charge on any atom is -0.744 e. The number of hydrogen-bond acceptors (Lipinski definition) is 14. The fourth-order valence-corrected chi connectivity index (χ4v) is 4.77. The average Bonchev–Trinajstić information content (AvgIpc) is 2.83. The molecule has 14 nitrogen and oxygen atoms in total. The molecule has 0 aliphatic carbocycles. The SMILES string of the molecule is CC(C)(C)OC(=O)c1ccc(C(=O)OC(C)(C)C)c(S(=O)(=O)[O-])c1.CC(C)(C)OC(=O)c1ccc(C(=O)OC(C)(C)C)c(S(=O)(=O)[O-])c1.[Mg+2]. The molecular formula is C32H42MgO14S2. The first-order valence-electron chi connectivity index (χ1n) is 14.3. The Balaban J connectivity index is 0.000000922. The van der Waals surface area contributed by atoms with Crippen LogP contribution in [0.25, 0.3) is 0 Å². The van der Waals surface area contributed by atoms with Crippen molar-refractivity contribution in [1.82, 2.24) is 0 Å². The van der Waals surface area contributed by atoms with Crippen LogP contribution in [0, 0.1) is 0 Å². The Morgan fingerprint density at radius 2 is 0.694 bits per heavy atom. The molecule has 0 aliphatic heterocycles. The van der Waals surface area contributed by atoms with Crippen LogP contribution in [-0.2, 0) is 39.2 Å². The second-order valence-corrected chi connectivity index (χ2v) is 17.0. The van der Waals surface area contributed by atoms with Crippen LogP contribution in [-0.4, -0.2) is 95.3 Å². The maximum Gasteiger partial charge on any atom is 2.00 e. The van der Waals surface area contributed by atoms with Crippen molar-refractivity contribution in [3.63, 3.8) is 0 Å². The van der Waals surface area contributed by atoms with Gasteiger partial charge in [-0.2, -0.15) is 0 Å². The number of carbonyl (C=O) groups is 4. The summed E-state index contributed by atoms with van der Waals surface area (Å²) in [7, 11) is -9.98. The molecule has 2 rings (SSSR count). The molecule has 0 heterocycles. The normalized spacial score (nSPS) is 12.4. The van der Waals surface area contributed by atoms with Gasteiger partial charge in [0.25, 0.3) is 0 Å². The van der Waals surface area contributed by atoms with Crippen LogP contribution in [0.2, 0.25) is 0 Å². The molecule has 268 valence electrons. The van der Waals surface area contributed by atoms with Gasteiger partial charge in [-0.25, -0.2) is 36.0 Å². The van der Waals surface area contributed by atoms with Gasteiger partial charge in [0.05, 0.1) is 32.0 Å². The van der Waals surface area contributed by atoms with Gasteiger partial charge in [-0.15, -0.1) is 0 Å². The van der Waals surface area contributed by atoms with Crippen LogP contribution >= 0.6 is 0 Å². The van der Waals surface area contributed by atoms with E-state index in [-0.39, 0.29) is 34.2 Å². The Morgan fingerprint density at radius 1 is 0.469 bits per heavy atom. The molecule has 0 amide bonds. The van der Waals surface area contributed by atoms with Crippen LogP contribution in [0.3, 0.4) is 0 Å². The Kier molecular flexibility index (Phi) is 15.3. The second-order valence-electron chi connectivity index (χ2n) is 14.3. The van der Waals surface area contributed by atoms with Crippen molar-refractivity contribution in [3.05, 3.63) is 58.7 Å². The standard InChI is InChI=1S/2C16H22O7S.Mg/c2*1-15(2,3)22-13(17)10-7-8-11(12(9-10)24(19,20)21)14(18)23-16(4,5)6;/h2*7-9H,1-6H3,(H,19,20,21);/q;;+2/p-2. The van der Waals surface area contributed by atoms with Crippen molar-refractivity contribution in [2.75, 3.05) is 0 Å². The molecule has 0 saturated heterocycles. The molecule has 49 heavy (non-hydrogen) atoms. The van der Waals surface area contributed by atoms with Crippen molar-refractivity contribution in [2.24, 2.45) is 0 Å². The minimum absolute atomic E-state index is 0. The van der Waals surface area contributed by atoms with Crippen LogP contribution in [0.5, 0.6) is 0 Å². The van der Waals surface area contributed by atoms with Crippen LogP contribution in [0.1, 0.15) is 125 Å². The van der Waals surface area contributed by atoms with Crippen molar-refractivity contribution in [2.45, 2.75) is 115 Å². The van der Waals surface area contributed by atoms with E-state index in [1.54, 1.807) is 83.1 Å². The molecule has 2 aromatic carbocycles. The van der Waals surface area contributed by atoms with Crippen molar-refractivity contribution in [1.29, 1.82) is 0 Å². The molecule has 0 unspecified atom stereocenters. The number of ether oxygens (including phenoxy) is 4. The number of hydrogen-bond donors (Lipinski definition) is 0. The van der Waals surface area contributed by atoms with E-state index in [0.29, 0.717) is 0 Å². The Bertz CT molecular complexity index is 1640. The molecule has 0 fully saturated rings. The van der Waals surface area contributed by atoms with Crippen molar-refractivity contribution >= 4 is 67.2 Å². The van der Waals surface area contributed by atoms with Gasteiger partial charge >= 0.3 is 46.9 Å². The third-order valence-electron chi connectivity index (χ3n) is 5.01. The number of carbonyl (C=O) groups excluding carboxylic acids is 4. The molecule has 0 aliphatic rings. The van der Waals surface area contributed by atoms with Crippen molar-refractivity contribution in [3.8, 4) is 0 Å². The van der Waals surface area contributed by atoms with E-state index in [1.165, 1.54) is 12.1 Å². The van der Waals surface area contributed by atoms with Gasteiger partial charge in [0.1, 0.15) is 42.6 Å². The third-order valence-corrected chi connectivity index (χ3v) is 6.76. The van der Waals surface area contributed by atoms with Gasteiger partial charge in [-0.05, 0) is 119 Å². The monoisotopic (exact) mass is 738 g/mol. The van der Waals surface area contributed by atoms with Gasteiger partial charge in [0, 0.05) is 0 Å². The minimum atomic E-state index is -4.99. The van der Waals surface area contributed by atoms with Gasteiger partial charge in [-0.3, -0.25) is 0 Å². The molecule has 2 aromatic rings. The molecule has 0 radical (unpaired) electrons. The summed E-state index contributed by atoms with van der Waals surface area (Å²) >= 11 is 0. The molecule has 17 heteroatoms. The summed E-state index contributed by atoms with van der Waals surface area (Å²) in [6, 6.07) is 6.21. The van der Waals surface area contributed by atoms with E-state index in [2.05, 4.69) is 0 Å². The van der Waals surface area contributed by atoms with Crippen LogP contribution in [0.4, 0.5) is 0 Å². The predicted molar refractivity (Wildman–Crippen MR) is 175 cm³/mol. The molecule has 0 atom stereocenters. The zero-order chi connectivity index (χ0) is 37.8. The number of esters is 4. The molecule has 0 bridgehead atoms. The van der Waals surface area contributed by atoms with E-state index in [1.807, 2.05) is 0 Å². The van der Waals surface area contributed by atoms with Gasteiger partial charge in [0.2, 0.25) is 0 Å². The fraction of sp³-hybridized carbons (Fsp3) is 0.500. The summed E-state index contributed by atoms with van der Waals surface area (Å²) < 4.78 is 89.2. The van der Waals surface area contributed by atoms with Gasteiger partial charge in [0.15, 0.2) is 0 Å². The van der Waals surface area contributed by atoms with Crippen LogP contribution < -0.4 is 0 Å². The summed E-state index contributed by atoms with van der Waals surface area (Å²) in [5.74, 6) is -3.54. The fourth-order valence-electron chi connectivity index (χ4n) is 3.39. The number of benzene rings is 2. The Morgan fingerprint density at radius 3 is 0.898 bits per heavy atom. The second kappa shape index (κ2) is 16.3. The van der Waals surface area contributed by atoms with Gasteiger partial charge < -0.3 is 28.1 Å². The van der Waals surface area contributed by atoms with E-state index in [9.17, 15) is 45.1 Å². The smallest absolute Gasteiger partial charge is 0.744 e.